The molecule has 0 fully saturated rings. The Labute approximate surface area is 153 Å². The van der Waals surface area contributed by atoms with Crippen LogP contribution in [-0.2, 0) is 17.6 Å². The summed E-state index contributed by atoms with van der Waals surface area (Å²) in [6.45, 7) is 4.09. The molecule has 0 N–H and O–H groups in total. The summed E-state index contributed by atoms with van der Waals surface area (Å²) in [6.07, 6.45) is 2.49. The van der Waals surface area contributed by atoms with Gasteiger partial charge < -0.3 is 9.64 Å². The number of hydrogen-bond acceptors (Lipinski definition) is 5. The molecule has 26 heavy (non-hydrogen) atoms. The third-order valence-corrected chi connectivity index (χ3v) is 4.66. The summed E-state index contributed by atoms with van der Waals surface area (Å²) in [5.41, 5.74) is 4.32. The van der Waals surface area contributed by atoms with Crippen molar-refractivity contribution >= 4 is 11.7 Å². The Kier molecular flexibility index (Phi) is 6.00. The quantitative estimate of drug-likeness (QED) is 0.409. The van der Waals surface area contributed by atoms with E-state index in [1.54, 1.807) is 12.1 Å². The number of hydrogen-bond donors (Lipinski definition) is 0. The van der Waals surface area contributed by atoms with E-state index in [2.05, 4.69) is 28.3 Å². The molecule has 5 nitrogen and oxygen atoms in total. The Morgan fingerprint density at radius 3 is 2.81 bits per heavy atom. The van der Waals surface area contributed by atoms with Crippen molar-refractivity contribution < 1.29 is 9.53 Å². The van der Waals surface area contributed by atoms with Crippen LogP contribution in [0.15, 0.2) is 53.7 Å². The molecule has 0 amide bonds. The smallest absolute Gasteiger partial charge is 0.338 e. The first-order valence-electron chi connectivity index (χ1n) is 9.09. The highest BCUT2D eigenvalue weighted by Gasteiger charge is 2.19. The van der Waals surface area contributed by atoms with Crippen molar-refractivity contribution in [2.45, 2.75) is 32.2 Å². The van der Waals surface area contributed by atoms with Gasteiger partial charge in [-0.15, -0.1) is 0 Å². The lowest BCUT2D eigenvalue weighted by molar-refractivity contribution is 0.0502. The largest absolute Gasteiger partial charge is 0.462 e. The van der Waals surface area contributed by atoms with Crippen LogP contribution in [0.4, 0.5) is 5.69 Å². The zero-order chi connectivity index (χ0) is 18.4. The maximum Gasteiger partial charge on any atom is 0.338 e. The maximum absolute atomic E-state index is 11.9. The van der Waals surface area contributed by atoms with Gasteiger partial charge in [-0.05, 0) is 55.5 Å². The van der Waals surface area contributed by atoms with E-state index >= 15 is 0 Å². The molecule has 0 aromatic heterocycles. The van der Waals surface area contributed by atoms with Gasteiger partial charge in [0.1, 0.15) is 0 Å². The standard InChI is InChI=1S/C21H24N2O3/c1-16(22-25)14-17-8-9-20-19(15-17)10-12-23(20)11-5-13-26-21(24)18-6-3-2-4-7-18/h2-4,6-9,15-16H,5,10-14H2,1H3. The van der Waals surface area contributed by atoms with Gasteiger partial charge in [0, 0.05) is 18.8 Å². The van der Waals surface area contributed by atoms with Crippen LogP contribution in [0.5, 0.6) is 0 Å². The minimum Gasteiger partial charge on any atom is -0.462 e. The molecule has 5 heteroatoms. The number of anilines is 1. The lowest BCUT2D eigenvalue weighted by Crippen LogP contribution is -2.23. The van der Waals surface area contributed by atoms with Crippen molar-refractivity contribution in [1.29, 1.82) is 0 Å². The molecule has 2 aromatic carbocycles. The minimum atomic E-state index is -0.269. The fourth-order valence-corrected chi connectivity index (χ4v) is 3.34. The Balaban J connectivity index is 1.47. The molecular formula is C21H24N2O3. The average molecular weight is 352 g/mol. The van der Waals surface area contributed by atoms with E-state index in [1.165, 1.54) is 11.3 Å². The van der Waals surface area contributed by atoms with E-state index in [1.807, 2.05) is 25.1 Å². The average Bonchev–Trinajstić information content (AvgIpc) is 3.08. The third kappa shape index (κ3) is 4.48. The molecule has 1 atom stereocenters. The molecule has 1 aliphatic heterocycles. The van der Waals surface area contributed by atoms with E-state index in [-0.39, 0.29) is 12.0 Å². The van der Waals surface area contributed by atoms with E-state index < -0.39 is 0 Å². The van der Waals surface area contributed by atoms with E-state index in [4.69, 9.17) is 4.74 Å². The first-order valence-corrected chi connectivity index (χ1v) is 9.09. The number of rotatable bonds is 8. The van der Waals surface area contributed by atoms with Gasteiger partial charge in [-0.1, -0.05) is 35.5 Å². The lowest BCUT2D eigenvalue weighted by atomic mass is 10.0. The van der Waals surface area contributed by atoms with Crippen molar-refractivity contribution in [3.05, 3.63) is 70.1 Å². The zero-order valence-electron chi connectivity index (χ0n) is 15.1. The van der Waals surface area contributed by atoms with Crippen LogP contribution in [0.1, 0.15) is 34.8 Å². The molecule has 0 saturated heterocycles. The van der Waals surface area contributed by atoms with Gasteiger partial charge in [-0.3, -0.25) is 0 Å². The van der Waals surface area contributed by atoms with Crippen molar-refractivity contribution in [3.63, 3.8) is 0 Å². The Bertz CT molecular complexity index is 761. The number of carbonyl (C=O) groups excluding carboxylic acids is 1. The van der Waals surface area contributed by atoms with Crippen molar-refractivity contribution in [2.24, 2.45) is 5.18 Å². The van der Waals surface area contributed by atoms with Gasteiger partial charge >= 0.3 is 5.97 Å². The van der Waals surface area contributed by atoms with Crippen LogP contribution < -0.4 is 4.90 Å². The number of nitroso groups, excluding NO2 is 1. The van der Waals surface area contributed by atoms with Crippen LogP contribution in [0, 0.1) is 4.91 Å². The Morgan fingerprint density at radius 1 is 1.23 bits per heavy atom. The molecule has 136 valence electrons. The number of ether oxygens (including phenoxy) is 1. The topological polar surface area (TPSA) is 59.0 Å². The monoisotopic (exact) mass is 352 g/mol. The number of esters is 1. The summed E-state index contributed by atoms with van der Waals surface area (Å²) in [6, 6.07) is 15.3. The number of benzene rings is 2. The second-order valence-electron chi connectivity index (χ2n) is 6.71. The summed E-state index contributed by atoms with van der Waals surface area (Å²) >= 11 is 0. The lowest BCUT2D eigenvalue weighted by Gasteiger charge is -2.19. The number of nitrogens with zero attached hydrogens (tertiary/aromatic N) is 2. The summed E-state index contributed by atoms with van der Waals surface area (Å²) in [5.74, 6) is -0.269. The van der Waals surface area contributed by atoms with Gasteiger partial charge in [0.25, 0.3) is 0 Å². The molecular weight excluding hydrogens is 328 g/mol. The number of fused-ring (bicyclic) bond motifs is 1. The summed E-state index contributed by atoms with van der Waals surface area (Å²) < 4.78 is 5.35. The molecule has 0 aliphatic carbocycles. The molecule has 0 bridgehead atoms. The molecule has 2 aromatic rings. The first-order chi connectivity index (χ1) is 12.7. The molecule has 1 heterocycles. The predicted octanol–water partition coefficient (Wildman–Crippen LogP) is 3.99. The molecule has 3 rings (SSSR count). The fourth-order valence-electron chi connectivity index (χ4n) is 3.34. The van der Waals surface area contributed by atoms with Crippen molar-refractivity contribution in [2.75, 3.05) is 24.6 Å². The van der Waals surface area contributed by atoms with Gasteiger partial charge in [-0.2, -0.15) is 4.91 Å². The van der Waals surface area contributed by atoms with Crippen LogP contribution in [0.25, 0.3) is 0 Å². The SMILES string of the molecule is CC(Cc1ccc2c(c1)CCN2CCCOC(=O)c1ccccc1)N=O. The van der Waals surface area contributed by atoms with Gasteiger partial charge in [0.05, 0.1) is 18.2 Å². The summed E-state index contributed by atoms with van der Waals surface area (Å²) in [4.78, 5) is 24.8. The van der Waals surface area contributed by atoms with Crippen LogP contribution in [0.2, 0.25) is 0 Å². The van der Waals surface area contributed by atoms with Crippen LogP contribution in [-0.4, -0.2) is 31.7 Å². The first kappa shape index (κ1) is 18.1. The number of carbonyl (C=O) groups is 1. The van der Waals surface area contributed by atoms with E-state index in [9.17, 15) is 9.70 Å². The Morgan fingerprint density at radius 2 is 2.04 bits per heavy atom. The highest BCUT2D eigenvalue weighted by molar-refractivity contribution is 5.89. The predicted molar refractivity (Wildman–Crippen MR) is 103 cm³/mol. The second kappa shape index (κ2) is 8.61. The molecule has 1 aliphatic rings. The molecule has 0 saturated carbocycles. The third-order valence-electron chi connectivity index (χ3n) is 4.66. The Hall–Kier alpha value is -2.69. The van der Waals surface area contributed by atoms with Crippen molar-refractivity contribution in [3.8, 4) is 0 Å². The normalized spacial score (nSPS) is 14.0. The van der Waals surface area contributed by atoms with Crippen molar-refractivity contribution in [1.82, 2.24) is 0 Å². The van der Waals surface area contributed by atoms with E-state index in [0.717, 1.165) is 31.5 Å². The van der Waals surface area contributed by atoms with Gasteiger partial charge in [-0.25, -0.2) is 4.79 Å². The van der Waals surface area contributed by atoms with Crippen LogP contribution >= 0.6 is 0 Å². The second-order valence-corrected chi connectivity index (χ2v) is 6.71. The molecule has 0 spiro atoms. The summed E-state index contributed by atoms with van der Waals surface area (Å²) in [7, 11) is 0. The molecule has 0 radical (unpaired) electrons. The highest BCUT2D eigenvalue weighted by Crippen LogP contribution is 2.29. The van der Waals surface area contributed by atoms with Gasteiger partial charge in [0.2, 0.25) is 0 Å². The minimum absolute atomic E-state index is 0.190. The maximum atomic E-state index is 11.9. The molecule has 1 unspecified atom stereocenters. The van der Waals surface area contributed by atoms with E-state index in [0.29, 0.717) is 18.6 Å². The van der Waals surface area contributed by atoms with Crippen LogP contribution in [0.3, 0.4) is 0 Å². The zero-order valence-corrected chi connectivity index (χ0v) is 15.1. The fraction of sp³-hybridized carbons (Fsp3) is 0.381. The van der Waals surface area contributed by atoms with Gasteiger partial charge in [0.15, 0.2) is 0 Å². The highest BCUT2D eigenvalue weighted by atomic mass is 16.5. The summed E-state index contributed by atoms with van der Waals surface area (Å²) in [5, 5.41) is 3.08.